The van der Waals surface area contributed by atoms with E-state index in [1.165, 1.54) is 35.9 Å². The summed E-state index contributed by atoms with van der Waals surface area (Å²) in [5.41, 5.74) is 2.76. The summed E-state index contributed by atoms with van der Waals surface area (Å²) in [7, 11) is 1.52. The minimum atomic E-state index is -0.998. The van der Waals surface area contributed by atoms with Crippen molar-refractivity contribution in [3.8, 4) is 5.75 Å². The van der Waals surface area contributed by atoms with Crippen molar-refractivity contribution in [2.45, 2.75) is 23.1 Å². The summed E-state index contributed by atoms with van der Waals surface area (Å²) in [6.45, 7) is 1.73. The predicted octanol–water partition coefficient (Wildman–Crippen LogP) is 5.56. The number of thioether (sulfide) groups is 1. The highest BCUT2D eigenvalue weighted by atomic mass is 32.2. The van der Waals surface area contributed by atoms with Crippen molar-refractivity contribution < 1.29 is 23.8 Å². The normalized spacial score (nSPS) is 16.6. The van der Waals surface area contributed by atoms with Gasteiger partial charge in [-0.15, -0.1) is 10.2 Å². The number of benzene rings is 2. The van der Waals surface area contributed by atoms with Crippen LogP contribution in [0, 0.1) is 12.7 Å². The third kappa shape index (κ3) is 4.85. The van der Waals surface area contributed by atoms with Gasteiger partial charge in [-0.1, -0.05) is 53.4 Å². The molecule has 0 saturated carbocycles. The van der Waals surface area contributed by atoms with Crippen LogP contribution in [0.2, 0.25) is 0 Å². The minimum Gasteiger partial charge on any atom is -0.505 e. The fourth-order valence-electron chi connectivity index (χ4n) is 4.77. The zero-order valence-corrected chi connectivity index (χ0v) is 23.4. The third-order valence-corrected chi connectivity index (χ3v) is 8.79. The maximum absolute atomic E-state index is 13.6. The van der Waals surface area contributed by atoms with E-state index < -0.39 is 17.7 Å². The Morgan fingerprint density at radius 1 is 1.10 bits per heavy atom. The molecule has 0 radical (unpaired) electrons. The lowest BCUT2D eigenvalue weighted by Gasteiger charge is -2.22. The van der Waals surface area contributed by atoms with Crippen molar-refractivity contribution in [1.82, 2.24) is 19.6 Å². The van der Waals surface area contributed by atoms with Crippen LogP contribution in [0.1, 0.15) is 28.6 Å². The highest BCUT2D eigenvalue weighted by Gasteiger charge is 2.49. The SMILES string of the molecule is COc1cccc(C2/C(=C(\O)c3c(C)nc4ccccn34)C(=O)C(=O)N2c2nnc(SCc3ccc(F)cc3)s2)c1. The van der Waals surface area contributed by atoms with Crippen LogP contribution in [0.25, 0.3) is 11.4 Å². The van der Waals surface area contributed by atoms with Crippen molar-refractivity contribution in [3.05, 3.63) is 107 Å². The van der Waals surface area contributed by atoms with Crippen LogP contribution < -0.4 is 9.64 Å². The van der Waals surface area contributed by atoms with Gasteiger partial charge in [0.1, 0.15) is 22.9 Å². The van der Waals surface area contributed by atoms with Gasteiger partial charge in [0.25, 0.3) is 5.78 Å². The number of pyridine rings is 1. The quantitative estimate of drug-likeness (QED) is 0.0867. The maximum Gasteiger partial charge on any atom is 0.301 e. The van der Waals surface area contributed by atoms with E-state index in [2.05, 4.69) is 15.2 Å². The molecule has 1 N–H and O–H groups in total. The first-order valence-electron chi connectivity index (χ1n) is 12.5. The molecule has 1 saturated heterocycles. The van der Waals surface area contributed by atoms with E-state index in [1.807, 2.05) is 6.07 Å². The summed E-state index contributed by atoms with van der Waals surface area (Å²) in [6.07, 6.45) is 1.73. The molecule has 3 aromatic heterocycles. The smallest absolute Gasteiger partial charge is 0.301 e. The predicted molar refractivity (Wildman–Crippen MR) is 154 cm³/mol. The molecule has 0 aliphatic carbocycles. The van der Waals surface area contributed by atoms with Gasteiger partial charge in [0.2, 0.25) is 5.13 Å². The number of methoxy groups -OCH3 is 1. The average molecular weight is 588 g/mol. The lowest BCUT2D eigenvalue weighted by molar-refractivity contribution is -0.132. The largest absolute Gasteiger partial charge is 0.505 e. The Labute approximate surface area is 241 Å². The fourth-order valence-corrected chi connectivity index (χ4v) is 6.59. The van der Waals surface area contributed by atoms with E-state index in [4.69, 9.17) is 4.74 Å². The first kappa shape index (κ1) is 26.7. The number of ketones is 1. The molecule has 1 amide bonds. The summed E-state index contributed by atoms with van der Waals surface area (Å²) >= 11 is 2.53. The number of carbonyl (C=O) groups is 2. The Morgan fingerprint density at radius 2 is 1.90 bits per heavy atom. The third-order valence-electron chi connectivity index (χ3n) is 6.66. The van der Waals surface area contributed by atoms with Gasteiger partial charge in [0.15, 0.2) is 10.1 Å². The topological polar surface area (TPSA) is 110 Å². The highest BCUT2D eigenvalue weighted by Crippen LogP contribution is 2.45. The van der Waals surface area contributed by atoms with E-state index in [-0.39, 0.29) is 22.3 Å². The molecule has 1 aliphatic rings. The Kier molecular flexibility index (Phi) is 7.01. The second-order valence-electron chi connectivity index (χ2n) is 9.19. The summed E-state index contributed by atoms with van der Waals surface area (Å²) in [4.78, 5) is 32.9. The molecule has 1 atom stereocenters. The van der Waals surface area contributed by atoms with Crippen LogP contribution in [0.15, 0.2) is 82.8 Å². The lowest BCUT2D eigenvalue weighted by Crippen LogP contribution is -2.29. The number of halogens is 1. The molecule has 1 unspecified atom stereocenters. The molecule has 41 heavy (non-hydrogen) atoms. The summed E-state index contributed by atoms with van der Waals surface area (Å²) < 4.78 is 20.9. The number of aromatic nitrogens is 4. The van der Waals surface area contributed by atoms with E-state index in [0.29, 0.717) is 38.4 Å². The summed E-state index contributed by atoms with van der Waals surface area (Å²) in [5, 5.41) is 20.3. The van der Waals surface area contributed by atoms with Gasteiger partial charge >= 0.3 is 5.91 Å². The Hall–Kier alpha value is -4.55. The van der Waals surface area contributed by atoms with Crippen molar-refractivity contribution in [2.24, 2.45) is 0 Å². The molecule has 0 bridgehead atoms. The average Bonchev–Trinajstić information content (AvgIpc) is 3.66. The van der Waals surface area contributed by atoms with Crippen molar-refractivity contribution >= 4 is 51.3 Å². The molecule has 1 aliphatic heterocycles. The highest BCUT2D eigenvalue weighted by molar-refractivity contribution is 8.00. The van der Waals surface area contributed by atoms with Gasteiger partial charge in [0, 0.05) is 11.9 Å². The van der Waals surface area contributed by atoms with E-state index in [1.54, 1.807) is 66.1 Å². The zero-order chi connectivity index (χ0) is 28.7. The van der Waals surface area contributed by atoms with Crippen molar-refractivity contribution in [1.29, 1.82) is 0 Å². The number of ether oxygens (including phenoxy) is 1. The molecule has 9 nitrogen and oxygen atoms in total. The first-order chi connectivity index (χ1) is 19.9. The molecule has 4 heterocycles. The second kappa shape index (κ2) is 10.8. The Morgan fingerprint density at radius 3 is 2.68 bits per heavy atom. The minimum absolute atomic E-state index is 0.0901. The molecule has 206 valence electrons. The van der Waals surface area contributed by atoms with E-state index in [9.17, 15) is 19.1 Å². The molecular weight excluding hydrogens is 565 g/mol. The van der Waals surface area contributed by atoms with Crippen LogP contribution in [-0.2, 0) is 15.3 Å². The van der Waals surface area contributed by atoms with Crippen LogP contribution in [0.4, 0.5) is 9.52 Å². The van der Waals surface area contributed by atoms with Gasteiger partial charge in [-0.25, -0.2) is 9.37 Å². The van der Waals surface area contributed by atoms with Gasteiger partial charge < -0.3 is 9.84 Å². The van der Waals surface area contributed by atoms with Crippen LogP contribution >= 0.6 is 23.1 Å². The van der Waals surface area contributed by atoms with E-state index >= 15 is 0 Å². The van der Waals surface area contributed by atoms with Crippen molar-refractivity contribution in [3.63, 3.8) is 0 Å². The number of hydrogen-bond acceptors (Lipinski definition) is 9. The Balaban J connectivity index is 1.44. The molecule has 12 heteroatoms. The number of anilines is 1. The number of nitrogens with zero attached hydrogens (tertiary/aromatic N) is 5. The number of amides is 1. The second-order valence-corrected chi connectivity index (χ2v) is 11.4. The molecule has 5 aromatic rings. The van der Waals surface area contributed by atoms with Gasteiger partial charge in [0.05, 0.1) is 24.4 Å². The fraction of sp³-hybridized carbons (Fsp3) is 0.138. The van der Waals surface area contributed by atoms with Crippen molar-refractivity contribution in [2.75, 3.05) is 12.0 Å². The molecule has 2 aromatic carbocycles. The van der Waals surface area contributed by atoms with Crippen LogP contribution in [-0.4, -0.2) is 43.5 Å². The maximum atomic E-state index is 13.6. The lowest BCUT2D eigenvalue weighted by atomic mass is 9.96. The monoisotopic (exact) mass is 587 g/mol. The number of fused-ring (bicyclic) bond motifs is 1. The summed E-state index contributed by atoms with van der Waals surface area (Å²) in [6, 6.07) is 17.5. The molecule has 1 fully saturated rings. The molecule has 0 spiro atoms. The van der Waals surface area contributed by atoms with Crippen LogP contribution in [0.3, 0.4) is 0 Å². The zero-order valence-electron chi connectivity index (χ0n) is 21.8. The number of carbonyl (C=O) groups excluding carboxylic acids is 2. The number of Topliss-reactive ketones (excluding diaryl/α,β-unsaturated/α-hetero) is 1. The van der Waals surface area contributed by atoms with Crippen LogP contribution in [0.5, 0.6) is 5.75 Å². The van der Waals surface area contributed by atoms with Gasteiger partial charge in [-0.2, -0.15) is 0 Å². The first-order valence-corrected chi connectivity index (χ1v) is 14.3. The molecule has 6 rings (SSSR count). The number of aryl methyl sites for hydroxylation is 1. The summed E-state index contributed by atoms with van der Waals surface area (Å²) in [5.74, 6) is -1.31. The van der Waals surface area contributed by atoms with Gasteiger partial charge in [-0.05, 0) is 54.4 Å². The Bertz CT molecular complexity index is 1830. The number of aliphatic hydroxyl groups is 1. The molecular formula is C29H22FN5O4S2. The number of rotatable bonds is 7. The number of imidazole rings is 1. The number of aliphatic hydroxyl groups excluding tert-OH is 1. The van der Waals surface area contributed by atoms with E-state index in [0.717, 1.165) is 16.9 Å². The number of hydrogen-bond donors (Lipinski definition) is 1. The standard InChI is InChI=1S/C29H22FN5O4S2/c1-16-23(34-13-4-3-8-21(34)31-16)25(36)22-24(18-6-5-7-20(14-18)39-2)35(27(38)26(22)37)28-32-33-29(41-28)40-15-17-9-11-19(30)12-10-17/h3-14,24,36H,15H2,1-2H3/b25-22+. The van der Waals surface area contributed by atoms with Gasteiger partial charge in [-0.3, -0.25) is 18.9 Å².